The summed E-state index contributed by atoms with van der Waals surface area (Å²) in [5.41, 5.74) is 18.5. The average molecular weight is 851 g/mol. The van der Waals surface area contributed by atoms with Crippen LogP contribution in [0.2, 0.25) is 0 Å². The molecule has 3 aliphatic rings. The molecular weight excluding hydrogens is 749 g/mol. The number of nitrogens with two attached hydrogens (primary N) is 3. The van der Waals surface area contributed by atoms with Gasteiger partial charge in [-0.2, -0.15) is 0 Å². The zero-order valence-electron chi connectivity index (χ0n) is 42.4. The number of unbranched alkanes of at least 4 members (excludes halogenated alkanes) is 2. The van der Waals surface area contributed by atoms with E-state index in [1.807, 2.05) is 0 Å². The highest BCUT2D eigenvalue weighted by Crippen LogP contribution is 2.24. The molecule has 12 nitrogen and oxygen atoms in total. The van der Waals surface area contributed by atoms with E-state index in [0.717, 1.165) is 83.5 Å². The molecule has 0 aromatic heterocycles. The molecule has 3 fully saturated rings. The normalized spacial score (nSPS) is 19.4. The summed E-state index contributed by atoms with van der Waals surface area (Å²) in [6.45, 7) is 42.4. The van der Waals surface area contributed by atoms with Gasteiger partial charge in [-0.05, 0) is 174 Å². The zero-order valence-corrected chi connectivity index (χ0v) is 42.4. The number of rotatable bonds is 13. The molecule has 0 saturated carbocycles. The number of carbonyl (C=O) groups excluding carboxylic acids is 2. The maximum Gasteiger partial charge on any atom is 0.237 e. The van der Waals surface area contributed by atoms with E-state index < -0.39 is 6.04 Å². The number of nitrogens with one attached hydrogen (secondary N) is 3. The first-order valence-electron chi connectivity index (χ1n) is 23.7. The van der Waals surface area contributed by atoms with Crippen LogP contribution in [-0.2, 0) is 9.59 Å². The average Bonchev–Trinajstić information content (AvgIpc) is 3.13. The number of hydrogen-bond donors (Lipinski definition) is 6. The molecule has 3 saturated heterocycles. The van der Waals surface area contributed by atoms with Crippen LogP contribution in [0.3, 0.4) is 0 Å². The first-order valence-corrected chi connectivity index (χ1v) is 23.7. The lowest BCUT2D eigenvalue weighted by molar-refractivity contribution is -0.124. The van der Waals surface area contributed by atoms with Crippen molar-refractivity contribution < 1.29 is 9.59 Å². The minimum atomic E-state index is -0.450. The second-order valence-corrected chi connectivity index (χ2v) is 22.1. The maximum atomic E-state index is 12.1. The van der Waals surface area contributed by atoms with Crippen LogP contribution in [0, 0.1) is 5.92 Å². The molecule has 0 aromatic carbocycles. The number of nitrogens with zero attached hydrogens (tertiary/aromatic N) is 4. The Balaban J connectivity index is 0.000000836. The van der Waals surface area contributed by atoms with E-state index in [2.05, 4.69) is 153 Å². The van der Waals surface area contributed by atoms with Gasteiger partial charge in [-0.15, -0.1) is 0 Å². The summed E-state index contributed by atoms with van der Waals surface area (Å²) in [4.78, 5) is 33.9. The van der Waals surface area contributed by atoms with Crippen LogP contribution in [-0.4, -0.2) is 138 Å². The number of piperidine rings is 3. The molecule has 12 heteroatoms. The minimum Gasteiger partial charge on any atom is -0.386 e. The zero-order chi connectivity index (χ0) is 46.5. The molecule has 3 rings (SSSR count). The Morgan fingerprint density at radius 2 is 0.950 bits per heavy atom. The Morgan fingerprint density at radius 3 is 1.23 bits per heavy atom. The summed E-state index contributed by atoms with van der Waals surface area (Å²) in [6.07, 6.45) is 12.4. The highest BCUT2D eigenvalue weighted by Gasteiger charge is 2.30. The van der Waals surface area contributed by atoms with Gasteiger partial charge in [-0.25, -0.2) is 0 Å². The van der Waals surface area contributed by atoms with E-state index in [0.29, 0.717) is 35.9 Å². The van der Waals surface area contributed by atoms with Gasteiger partial charge in [0.05, 0.1) is 17.9 Å². The van der Waals surface area contributed by atoms with E-state index >= 15 is 0 Å². The third-order valence-electron chi connectivity index (χ3n) is 12.5. The second kappa shape index (κ2) is 28.0. The largest absolute Gasteiger partial charge is 0.386 e. The van der Waals surface area contributed by atoms with Crippen molar-refractivity contribution in [2.24, 2.45) is 23.1 Å². The van der Waals surface area contributed by atoms with Gasteiger partial charge >= 0.3 is 0 Å². The van der Waals surface area contributed by atoms with E-state index in [9.17, 15) is 9.59 Å². The number of amides is 2. The van der Waals surface area contributed by atoms with Gasteiger partial charge < -0.3 is 38.1 Å². The molecule has 0 aromatic rings. The lowest BCUT2D eigenvalue weighted by Gasteiger charge is -2.41. The van der Waals surface area contributed by atoms with Crippen LogP contribution < -0.4 is 33.2 Å². The molecule has 0 aliphatic carbocycles. The molecule has 3 aliphatic heterocycles. The van der Waals surface area contributed by atoms with Crippen molar-refractivity contribution in [1.82, 2.24) is 35.6 Å². The van der Waals surface area contributed by atoms with Crippen LogP contribution in [0.1, 0.15) is 174 Å². The first-order chi connectivity index (χ1) is 27.5. The van der Waals surface area contributed by atoms with Crippen LogP contribution >= 0.6 is 0 Å². The Labute approximate surface area is 371 Å². The smallest absolute Gasteiger partial charge is 0.237 e. The topological polar surface area (TPSA) is 161 Å². The maximum absolute atomic E-state index is 12.1. The molecule has 0 unspecified atom stereocenters. The van der Waals surface area contributed by atoms with Gasteiger partial charge in [-0.3, -0.25) is 24.3 Å². The number of likely N-dealkylation sites (tertiary alicyclic amines) is 3. The van der Waals surface area contributed by atoms with Crippen LogP contribution in [0.4, 0.5) is 0 Å². The lowest BCUT2D eigenvalue weighted by Crippen LogP contribution is -2.53. The first kappa shape index (κ1) is 58.0. The lowest BCUT2D eigenvalue weighted by atomic mass is 9.95. The third kappa shape index (κ3) is 26.5. The summed E-state index contributed by atoms with van der Waals surface area (Å²) < 4.78 is 0. The van der Waals surface area contributed by atoms with Crippen LogP contribution in [0.15, 0.2) is 12.4 Å². The summed E-state index contributed by atoms with van der Waals surface area (Å²) in [7, 11) is 4.17. The van der Waals surface area contributed by atoms with E-state index in [4.69, 9.17) is 17.2 Å². The fourth-order valence-electron chi connectivity index (χ4n) is 7.13. The van der Waals surface area contributed by atoms with Crippen molar-refractivity contribution in [3.05, 3.63) is 12.4 Å². The highest BCUT2D eigenvalue weighted by molar-refractivity contribution is 5.82. The van der Waals surface area contributed by atoms with Crippen molar-refractivity contribution in [3.63, 3.8) is 0 Å². The van der Waals surface area contributed by atoms with Crippen molar-refractivity contribution in [3.8, 4) is 0 Å². The van der Waals surface area contributed by atoms with E-state index in [1.54, 1.807) is 0 Å². The van der Waals surface area contributed by atoms with Gasteiger partial charge in [0.25, 0.3) is 0 Å². The molecule has 2 atom stereocenters. The van der Waals surface area contributed by atoms with Crippen LogP contribution in [0.25, 0.3) is 0 Å². The minimum absolute atomic E-state index is 0.0373. The molecule has 0 spiro atoms. The molecule has 60 heavy (non-hydrogen) atoms. The summed E-state index contributed by atoms with van der Waals surface area (Å²) in [6, 6.07) is -0.229. The molecule has 2 amide bonds. The van der Waals surface area contributed by atoms with Gasteiger partial charge in [0.1, 0.15) is 0 Å². The fourth-order valence-corrected chi connectivity index (χ4v) is 7.13. The van der Waals surface area contributed by atoms with Crippen molar-refractivity contribution in [1.29, 1.82) is 0 Å². The van der Waals surface area contributed by atoms with Gasteiger partial charge in [0.15, 0.2) is 0 Å². The van der Waals surface area contributed by atoms with E-state index in [1.165, 1.54) is 32.4 Å². The summed E-state index contributed by atoms with van der Waals surface area (Å²) in [5, 5.41) is 9.14. The molecule has 356 valence electrons. The van der Waals surface area contributed by atoms with Crippen molar-refractivity contribution >= 4 is 11.8 Å². The van der Waals surface area contributed by atoms with Crippen LogP contribution in [0.5, 0.6) is 0 Å². The Kier molecular flexibility index (Phi) is 27.0. The summed E-state index contributed by atoms with van der Waals surface area (Å²) in [5.74, 6) is 1.40. The third-order valence-corrected chi connectivity index (χ3v) is 12.5. The van der Waals surface area contributed by atoms with Crippen molar-refractivity contribution in [2.45, 2.75) is 220 Å². The van der Waals surface area contributed by atoms with Gasteiger partial charge in [-0.1, -0.05) is 39.7 Å². The predicted octanol–water partition coefficient (Wildman–Crippen LogP) is 6.63. The molecule has 0 radical (unpaired) electrons. The Bertz CT molecular complexity index is 1160. The Morgan fingerprint density at radius 1 is 0.633 bits per heavy atom. The molecule has 3 heterocycles. The van der Waals surface area contributed by atoms with Gasteiger partial charge in [0.2, 0.25) is 11.8 Å². The highest BCUT2D eigenvalue weighted by atomic mass is 16.2. The fraction of sp³-hybridized carbons (Fsp3) is 0.917. The standard InChI is InChI=1S/C16H33N5O.C16H33N3O.C10H21N.C6H15N/c1-12(17)19-9-5-6-14(18)15(22)20-13-7-10-21(11-8-13)16(2,3)4;1-5-6-7-8-14(17)15(20)18-13-9-11-19(12-10-13)16(2,3)4;1-9-5-7-11(8-6-9)10(2,3)4;1-6(2,3)7(4)5/h13-14,19H,1,5-11,17-18H2,2-4H3,(H,20,22);13-14H,5-12,17H2,1-4H3,(H,18,20);9H,5-8H2,1-4H3;1-5H3/t2*14-;;/m00../s1. The van der Waals surface area contributed by atoms with E-state index in [-0.39, 0.29) is 35.0 Å². The summed E-state index contributed by atoms with van der Waals surface area (Å²) >= 11 is 0. The number of carbonyl (C=O) groups is 2. The number of hydrogen-bond acceptors (Lipinski definition) is 10. The molecule has 9 N–H and O–H groups in total. The quantitative estimate of drug-likeness (QED) is 0.111. The molecule has 0 bridgehead atoms. The molecular formula is C48H102N10O2. The Hall–Kier alpha value is -1.96. The predicted molar refractivity (Wildman–Crippen MR) is 259 cm³/mol. The van der Waals surface area contributed by atoms with Crippen molar-refractivity contribution in [2.75, 3.05) is 59.9 Å². The SMILES string of the molecule is C=C(N)NCCC[C@H](N)C(=O)NC1CCN(C(C)(C)C)CC1.CC1CCN(C(C)(C)C)CC1.CCCCC[C@H](N)C(=O)NC1CCN(C(C)(C)C)CC1.CN(C)C(C)(C)C. The second-order valence-electron chi connectivity index (χ2n) is 22.1. The monoisotopic (exact) mass is 851 g/mol. The van der Waals surface area contributed by atoms with Gasteiger partial charge in [0, 0.05) is 67.0 Å².